The minimum absolute atomic E-state index is 0.157. The van der Waals surface area contributed by atoms with Crippen LogP contribution in [0, 0.1) is 0 Å². The van der Waals surface area contributed by atoms with Crippen molar-refractivity contribution in [3.05, 3.63) is 95.1 Å². The van der Waals surface area contributed by atoms with Crippen molar-refractivity contribution < 1.29 is 4.79 Å². The molecule has 0 radical (unpaired) electrons. The number of carbonyl (C=O) groups excluding carboxylic acids is 1. The number of allylic oxidation sites excluding steroid dienone is 1. The average molecular weight is 357 g/mol. The fraction of sp³-hybridized carbons (Fsp3) is 0.320. The standard InChI is InChI=1S/C25H27NO/c1-3-16-25(22-14-17-26(18-15-22)19(2)27)23-10-6-4-8-20(23)12-13-21-9-5-7-11-24(21)25/h3-11,14H,1,12-13,15-18H2,2H3. The first-order valence-corrected chi connectivity index (χ1v) is 9.89. The Kier molecular flexibility index (Phi) is 4.73. The Hall–Kier alpha value is -2.61. The van der Waals surface area contributed by atoms with Gasteiger partial charge in [-0.2, -0.15) is 0 Å². The summed E-state index contributed by atoms with van der Waals surface area (Å²) in [5.41, 5.74) is 6.96. The number of carbonyl (C=O) groups is 1. The van der Waals surface area contributed by atoms with E-state index in [2.05, 4.69) is 67.3 Å². The van der Waals surface area contributed by atoms with Crippen molar-refractivity contribution in [2.24, 2.45) is 0 Å². The average Bonchev–Trinajstić information content (AvgIpc) is 2.84. The summed E-state index contributed by atoms with van der Waals surface area (Å²) in [6.07, 6.45) is 8.30. The molecule has 0 saturated carbocycles. The van der Waals surface area contributed by atoms with Crippen molar-refractivity contribution in [2.75, 3.05) is 13.1 Å². The Morgan fingerprint density at radius 2 is 1.63 bits per heavy atom. The monoisotopic (exact) mass is 357 g/mol. The molecule has 2 aromatic rings. The molecule has 1 amide bonds. The predicted molar refractivity (Wildman–Crippen MR) is 111 cm³/mol. The first-order chi connectivity index (χ1) is 13.2. The maximum Gasteiger partial charge on any atom is 0.219 e. The van der Waals surface area contributed by atoms with E-state index < -0.39 is 0 Å². The van der Waals surface area contributed by atoms with Gasteiger partial charge in [0.25, 0.3) is 0 Å². The van der Waals surface area contributed by atoms with Crippen LogP contribution in [0.1, 0.15) is 42.0 Å². The van der Waals surface area contributed by atoms with Crippen molar-refractivity contribution in [3.63, 3.8) is 0 Å². The molecular formula is C25H27NO. The Labute approximate surface area is 162 Å². The first-order valence-electron chi connectivity index (χ1n) is 9.89. The van der Waals surface area contributed by atoms with Gasteiger partial charge in [-0.25, -0.2) is 0 Å². The van der Waals surface area contributed by atoms with Gasteiger partial charge in [0.15, 0.2) is 0 Å². The fourth-order valence-corrected chi connectivity index (χ4v) is 4.98. The number of benzene rings is 2. The van der Waals surface area contributed by atoms with Gasteiger partial charge in [-0.3, -0.25) is 4.79 Å². The summed E-state index contributed by atoms with van der Waals surface area (Å²) in [5, 5.41) is 0. The van der Waals surface area contributed by atoms with Crippen molar-refractivity contribution in [2.45, 2.75) is 38.0 Å². The second-order valence-corrected chi connectivity index (χ2v) is 7.66. The van der Waals surface area contributed by atoms with E-state index in [1.54, 1.807) is 6.92 Å². The summed E-state index contributed by atoms with van der Waals surface area (Å²) in [6, 6.07) is 17.8. The van der Waals surface area contributed by atoms with Crippen LogP contribution in [0.15, 0.2) is 72.8 Å². The first kappa shape index (κ1) is 17.8. The molecule has 0 spiro atoms. The molecule has 138 valence electrons. The molecule has 2 aliphatic rings. The zero-order valence-electron chi connectivity index (χ0n) is 16.1. The number of aryl methyl sites for hydroxylation is 2. The third-order valence-corrected chi connectivity index (χ3v) is 6.27. The molecule has 1 aliphatic carbocycles. The van der Waals surface area contributed by atoms with Crippen LogP contribution in [0.5, 0.6) is 0 Å². The summed E-state index contributed by atoms with van der Waals surface area (Å²) < 4.78 is 0. The minimum Gasteiger partial charge on any atom is -0.339 e. The molecule has 2 nitrogen and oxygen atoms in total. The highest BCUT2D eigenvalue weighted by Gasteiger charge is 2.41. The van der Waals surface area contributed by atoms with Crippen LogP contribution < -0.4 is 0 Å². The summed E-state index contributed by atoms with van der Waals surface area (Å²) in [6.45, 7) is 7.28. The topological polar surface area (TPSA) is 20.3 Å². The number of nitrogens with zero attached hydrogens (tertiary/aromatic N) is 1. The molecule has 0 atom stereocenters. The highest BCUT2D eigenvalue weighted by atomic mass is 16.2. The van der Waals surface area contributed by atoms with Crippen LogP contribution in [0.25, 0.3) is 0 Å². The van der Waals surface area contributed by atoms with E-state index in [1.165, 1.54) is 27.8 Å². The molecule has 0 unspecified atom stereocenters. The van der Waals surface area contributed by atoms with E-state index in [0.29, 0.717) is 6.54 Å². The van der Waals surface area contributed by atoms with Crippen LogP contribution in [-0.4, -0.2) is 23.9 Å². The number of amides is 1. The van der Waals surface area contributed by atoms with E-state index in [4.69, 9.17) is 0 Å². The molecule has 1 heterocycles. The van der Waals surface area contributed by atoms with Crippen LogP contribution in [-0.2, 0) is 23.1 Å². The summed E-state index contributed by atoms with van der Waals surface area (Å²) in [4.78, 5) is 13.7. The maximum absolute atomic E-state index is 11.8. The number of hydrogen-bond acceptors (Lipinski definition) is 1. The molecule has 0 N–H and O–H groups in total. The van der Waals surface area contributed by atoms with Gasteiger partial charge in [-0.15, -0.1) is 6.58 Å². The van der Waals surface area contributed by atoms with E-state index in [0.717, 1.165) is 32.2 Å². The lowest BCUT2D eigenvalue weighted by molar-refractivity contribution is -0.128. The van der Waals surface area contributed by atoms with Crippen molar-refractivity contribution in [1.29, 1.82) is 0 Å². The molecule has 0 fully saturated rings. The molecule has 0 aromatic heterocycles. The zero-order chi connectivity index (χ0) is 18.9. The summed E-state index contributed by atoms with van der Waals surface area (Å²) in [5.74, 6) is 0.157. The SMILES string of the molecule is C=CCC1(C2=CCN(C(C)=O)CC2)c2ccccc2CCc2ccccc21. The number of rotatable bonds is 3. The van der Waals surface area contributed by atoms with Gasteiger partial charge in [0, 0.05) is 25.4 Å². The van der Waals surface area contributed by atoms with Crippen molar-refractivity contribution >= 4 is 5.91 Å². The Bertz CT molecular complexity index is 861. The third kappa shape index (κ3) is 2.93. The van der Waals surface area contributed by atoms with Crippen LogP contribution >= 0.6 is 0 Å². The molecule has 4 rings (SSSR count). The van der Waals surface area contributed by atoms with Crippen molar-refractivity contribution in [1.82, 2.24) is 4.90 Å². The van der Waals surface area contributed by atoms with Gasteiger partial charge >= 0.3 is 0 Å². The molecule has 0 bridgehead atoms. The molecular weight excluding hydrogens is 330 g/mol. The smallest absolute Gasteiger partial charge is 0.219 e. The van der Waals surface area contributed by atoms with Crippen molar-refractivity contribution in [3.8, 4) is 0 Å². The van der Waals surface area contributed by atoms with Gasteiger partial charge in [0.05, 0.1) is 0 Å². The van der Waals surface area contributed by atoms with E-state index in [1.807, 2.05) is 4.90 Å². The fourth-order valence-electron chi connectivity index (χ4n) is 4.98. The summed E-state index contributed by atoms with van der Waals surface area (Å²) >= 11 is 0. The van der Waals surface area contributed by atoms with E-state index in [-0.39, 0.29) is 11.3 Å². The van der Waals surface area contributed by atoms with Gasteiger partial charge in [-0.1, -0.05) is 66.3 Å². The third-order valence-electron chi connectivity index (χ3n) is 6.27. The predicted octanol–water partition coefficient (Wildman–Crippen LogP) is 4.83. The highest BCUT2D eigenvalue weighted by Crippen LogP contribution is 2.49. The maximum atomic E-state index is 11.8. The highest BCUT2D eigenvalue weighted by molar-refractivity contribution is 5.73. The lowest BCUT2D eigenvalue weighted by Crippen LogP contribution is -2.39. The van der Waals surface area contributed by atoms with Gasteiger partial charge < -0.3 is 4.90 Å². The minimum atomic E-state index is -0.172. The van der Waals surface area contributed by atoms with E-state index >= 15 is 0 Å². The quantitative estimate of drug-likeness (QED) is 0.721. The molecule has 2 aromatic carbocycles. The molecule has 27 heavy (non-hydrogen) atoms. The normalized spacial score (nSPS) is 18.0. The lowest BCUT2D eigenvalue weighted by Gasteiger charge is -2.41. The Morgan fingerprint density at radius 3 is 2.11 bits per heavy atom. The second-order valence-electron chi connectivity index (χ2n) is 7.66. The molecule has 1 aliphatic heterocycles. The van der Waals surface area contributed by atoms with Gasteiger partial charge in [0.2, 0.25) is 5.91 Å². The largest absolute Gasteiger partial charge is 0.339 e. The lowest BCUT2D eigenvalue weighted by atomic mass is 9.64. The zero-order valence-corrected chi connectivity index (χ0v) is 16.1. The summed E-state index contributed by atoms with van der Waals surface area (Å²) in [7, 11) is 0. The molecule has 2 heteroatoms. The molecule has 0 saturated heterocycles. The van der Waals surface area contributed by atoms with Crippen LogP contribution in [0.3, 0.4) is 0 Å². The van der Waals surface area contributed by atoms with Crippen LogP contribution in [0.4, 0.5) is 0 Å². The Balaban J connectivity index is 1.96. The van der Waals surface area contributed by atoms with E-state index in [9.17, 15) is 4.79 Å². The Morgan fingerprint density at radius 1 is 1.04 bits per heavy atom. The number of hydrogen-bond donors (Lipinski definition) is 0. The second kappa shape index (κ2) is 7.19. The van der Waals surface area contributed by atoms with Gasteiger partial charge in [0.1, 0.15) is 0 Å². The van der Waals surface area contributed by atoms with Crippen LogP contribution in [0.2, 0.25) is 0 Å². The number of fused-ring (bicyclic) bond motifs is 2. The van der Waals surface area contributed by atoms with Gasteiger partial charge in [-0.05, 0) is 47.9 Å².